The Labute approximate surface area is 264 Å². The Kier molecular flexibility index (Phi) is 9.71. The van der Waals surface area contributed by atoms with Gasteiger partial charge in [0.15, 0.2) is 0 Å². The maximum absolute atomic E-state index is 14.4. The van der Waals surface area contributed by atoms with Crippen molar-refractivity contribution in [2.75, 3.05) is 29.9 Å². The highest BCUT2D eigenvalue weighted by molar-refractivity contribution is 5.95. The molecule has 1 amide bonds. The Bertz CT molecular complexity index is 1440. The van der Waals surface area contributed by atoms with Gasteiger partial charge >= 0.3 is 0 Å². The van der Waals surface area contributed by atoms with E-state index in [9.17, 15) is 9.18 Å². The molecular weight excluding hydrogens is 545 g/mol. The number of carbonyl (C=O) groups excluding carboxylic acids is 1. The number of hydrogen-bond donors (Lipinski definition) is 1. The van der Waals surface area contributed by atoms with Crippen LogP contribution in [0.3, 0.4) is 0 Å². The van der Waals surface area contributed by atoms with E-state index in [0.29, 0.717) is 24.1 Å². The van der Waals surface area contributed by atoms with Crippen molar-refractivity contribution in [1.29, 1.82) is 0 Å². The van der Waals surface area contributed by atoms with Gasteiger partial charge in [0, 0.05) is 36.5 Å². The highest BCUT2D eigenvalue weighted by atomic mass is 19.1. The predicted molar refractivity (Wildman–Crippen MR) is 180 cm³/mol. The monoisotopic (exact) mass is 595 g/mol. The summed E-state index contributed by atoms with van der Waals surface area (Å²) >= 11 is 0. The first-order valence-corrected chi connectivity index (χ1v) is 17.2. The quantitative estimate of drug-likeness (QED) is 0.215. The second-order valence-corrected chi connectivity index (χ2v) is 13.5. The van der Waals surface area contributed by atoms with Gasteiger partial charge in [0.2, 0.25) is 5.91 Å². The smallest absolute Gasteiger partial charge is 0.241 e. The average molecular weight is 596 g/mol. The van der Waals surface area contributed by atoms with Crippen molar-refractivity contribution in [1.82, 2.24) is 4.90 Å². The summed E-state index contributed by atoms with van der Waals surface area (Å²) in [6.07, 6.45) is 10.8. The number of hydrogen-bond acceptors (Lipinski definition) is 3. The van der Waals surface area contributed by atoms with Gasteiger partial charge in [0.1, 0.15) is 5.82 Å². The van der Waals surface area contributed by atoms with Crippen molar-refractivity contribution in [2.45, 2.75) is 109 Å². The van der Waals surface area contributed by atoms with Gasteiger partial charge in [0.25, 0.3) is 0 Å². The molecule has 0 spiro atoms. The molecule has 3 aliphatic rings. The van der Waals surface area contributed by atoms with Crippen LogP contribution in [0, 0.1) is 12.7 Å². The first-order valence-electron chi connectivity index (χ1n) is 17.2. The van der Waals surface area contributed by atoms with Crippen LogP contribution in [-0.2, 0) is 17.6 Å². The largest absolute Gasteiger partial charge is 0.384 e. The number of carbonyl (C=O) groups is 1. The minimum absolute atomic E-state index is 0.119. The Morgan fingerprint density at radius 2 is 1.82 bits per heavy atom. The summed E-state index contributed by atoms with van der Waals surface area (Å²) in [5.74, 6) is 1.08. The Hall–Kier alpha value is -3.18. The topological polar surface area (TPSA) is 35.6 Å². The van der Waals surface area contributed by atoms with Crippen LogP contribution >= 0.6 is 0 Å². The minimum Gasteiger partial charge on any atom is -0.384 e. The van der Waals surface area contributed by atoms with Crippen LogP contribution in [0.2, 0.25) is 0 Å². The summed E-state index contributed by atoms with van der Waals surface area (Å²) in [5.41, 5.74) is 8.55. The fourth-order valence-corrected chi connectivity index (χ4v) is 7.83. The van der Waals surface area contributed by atoms with Crippen molar-refractivity contribution in [3.8, 4) is 0 Å². The third kappa shape index (κ3) is 6.88. The Morgan fingerprint density at radius 3 is 2.57 bits per heavy atom. The zero-order chi connectivity index (χ0) is 30.6. The SMILES string of the molecule is CCCC(CCC)N(C(=O)CN1CC(c2ccc3c(c2)CCN3)CC1CCc1ccccc1C1CC1)c1ccc(F)c(C)c1. The summed E-state index contributed by atoms with van der Waals surface area (Å²) in [6.45, 7) is 8.49. The van der Waals surface area contributed by atoms with Gasteiger partial charge in [-0.25, -0.2) is 4.39 Å². The summed E-state index contributed by atoms with van der Waals surface area (Å²) in [7, 11) is 0. The number of amides is 1. The number of aryl methyl sites for hydroxylation is 2. The second kappa shape index (κ2) is 13.9. The van der Waals surface area contributed by atoms with Crippen LogP contribution in [-0.4, -0.2) is 42.5 Å². The summed E-state index contributed by atoms with van der Waals surface area (Å²) < 4.78 is 14.3. The molecule has 1 N–H and O–H groups in total. The van der Waals surface area contributed by atoms with Crippen LogP contribution < -0.4 is 10.2 Å². The zero-order valence-corrected chi connectivity index (χ0v) is 27.0. The van der Waals surface area contributed by atoms with Gasteiger partial charge in [-0.2, -0.15) is 0 Å². The molecule has 4 nitrogen and oxygen atoms in total. The number of rotatable bonds is 13. The predicted octanol–water partition coefficient (Wildman–Crippen LogP) is 8.77. The number of nitrogens with zero attached hydrogens (tertiary/aromatic N) is 2. The van der Waals surface area contributed by atoms with Gasteiger partial charge in [-0.05, 0) is 122 Å². The van der Waals surface area contributed by atoms with Crippen LogP contribution in [0.4, 0.5) is 15.8 Å². The van der Waals surface area contributed by atoms with Crippen LogP contribution in [0.15, 0.2) is 60.7 Å². The molecule has 44 heavy (non-hydrogen) atoms. The van der Waals surface area contributed by atoms with E-state index >= 15 is 0 Å². The lowest BCUT2D eigenvalue weighted by Gasteiger charge is -2.34. The molecule has 6 rings (SSSR count). The van der Waals surface area contributed by atoms with Crippen molar-refractivity contribution < 1.29 is 9.18 Å². The van der Waals surface area contributed by atoms with E-state index in [-0.39, 0.29) is 17.8 Å². The Morgan fingerprint density at radius 1 is 1.02 bits per heavy atom. The van der Waals surface area contributed by atoms with Crippen LogP contribution in [0.1, 0.15) is 105 Å². The molecule has 1 aliphatic carbocycles. The molecule has 2 aliphatic heterocycles. The Balaban J connectivity index is 1.26. The van der Waals surface area contributed by atoms with Gasteiger partial charge in [-0.3, -0.25) is 9.69 Å². The molecule has 3 aromatic rings. The second-order valence-electron chi connectivity index (χ2n) is 13.5. The van der Waals surface area contributed by atoms with Crippen LogP contribution in [0.25, 0.3) is 0 Å². The minimum atomic E-state index is -0.220. The molecule has 2 fully saturated rings. The van der Waals surface area contributed by atoms with E-state index in [1.165, 1.54) is 46.8 Å². The highest BCUT2D eigenvalue weighted by Gasteiger charge is 2.36. The molecule has 1 saturated heterocycles. The molecule has 0 bridgehead atoms. The van der Waals surface area contributed by atoms with E-state index in [1.54, 1.807) is 13.0 Å². The molecule has 0 radical (unpaired) electrons. The zero-order valence-electron chi connectivity index (χ0n) is 27.0. The van der Waals surface area contributed by atoms with Crippen molar-refractivity contribution >= 4 is 17.3 Å². The molecule has 0 aromatic heterocycles. The van der Waals surface area contributed by atoms with Gasteiger partial charge < -0.3 is 10.2 Å². The van der Waals surface area contributed by atoms with Crippen molar-refractivity contribution in [3.63, 3.8) is 0 Å². The van der Waals surface area contributed by atoms with E-state index in [1.807, 2.05) is 11.0 Å². The fraction of sp³-hybridized carbons (Fsp3) is 0.513. The maximum Gasteiger partial charge on any atom is 0.241 e. The van der Waals surface area contributed by atoms with E-state index in [2.05, 4.69) is 66.5 Å². The fourth-order valence-electron chi connectivity index (χ4n) is 7.83. The molecule has 3 aromatic carbocycles. The summed E-state index contributed by atoms with van der Waals surface area (Å²) in [5, 5.41) is 3.50. The van der Waals surface area contributed by atoms with Crippen molar-refractivity contribution in [2.24, 2.45) is 0 Å². The van der Waals surface area contributed by atoms with E-state index in [0.717, 1.165) is 76.1 Å². The normalized spacial score (nSPS) is 19.8. The molecule has 2 heterocycles. The highest BCUT2D eigenvalue weighted by Crippen LogP contribution is 2.42. The first kappa shape index (κ1) is 30.8. The van der Waals surface area contributed by atoms with Crippen molar-refractivity contribution in [3.05, 3.63) is 94.3 Å². The van der Waals surface area contributed by atoms with E-state index < -0.39 is 0 Å². The van der Waals surface area contributed by atoms with Gasteiger partial charge in [-0.1, -0.05) is 63.1 Å². The number of fused-ring (bicyclic) bond motifs is 1. The molecule has 2 unspecified atom stereocenters. The standard InChI is InChI=1S/C39H50FN3O/c1-4-8-33(9-5-2)43(35-17-18-37(40)27(3)22-35)39(44)26-42-25-32(30-15-19-38-31(23-30)20-21-41-38)24-34(42)16-14-28-10-6-7-11-36(28)29-12-13-29/h6-7,10-11,15,17-19,22-23,29,32-34,41H,4-5,8-9,12-14,16,20-21,24-26H2,1-3H3. The van der Waals surface area contributed by atoms with E-state index in [4.69, 9.17) is 0 Å². The third-order valence-corrected chi connectivity index (χ3v) is 10.3. The number of halogens is 1. The summed E-state index contributed by atoms with van der Waals surface area (Å²) in [4.78, 5) is 18.9. The van der Waals surface area contributed by atoms with Gasteiger partial charge in [0.05, 0.1) is 6.54 Å². The number of likely N-dealkylation sites (tertiary alicyclic amines) is 1. The van der Waals surface area contributed by atoms with Gasteiger partial charge in [-0.15, -0.1) is 0 Å². The molecule has 2 atom stereocenters. The lowest BCUT2D eigenvalue weighted by molar-refractivity contribution is -0.120. The summed E-state index contributed by atoms with van der Waals surface area (Å²) in [6, 6.07) is 21.6. The third-order valence-electron chi connectivity index (χ3n) is 10.3. The average Bonchev–Trinajstić information content (AvgIpc) is 3.63. The lowest BCUT2D eigenvalue weighted by Crippen LogP contribution is -2.47. The molecule has 234 valence electrons. The number of anilines is 2. The number of nitrogens with one attached hydrogen (secondary N) is 1. The lowest BCUT2D eigenvalue weighted by atomic mass is 9.91. The molecular formula is C39H50FN3O. The molecule has 5 heteroatoms. The molecule has 1 saturated carbocycles. The maximum atomic E-state index is 14.4. The van der Waals surface area contributed by atoms with Crippen LogP contribution in [0.5, 0.6) is 0 Å². The first-order chi connectivity index (χ1) is 21.4. The number of benzene rings is 3.